The van der Waals surface area contributed by atoms with Crippen molar-refractivity contribution in [2.75, 3.05) is 0 Å². The van der Waals surface area contributed by atoms with Gasteiger partial charge in [0.25, 0.3) is 0 Å². The number of rotatable bonds is 2. The van der Waals surface area contributed by atoms with Crippen LogP contribution in [-0.4, -0.2) is 5.11 Å². The second-order valence-corrected chi connectivity index (χ2v) is 6.13. The van der Waals surface area contributed by atoms with Crippen LogP contribution in [0.15, 0.2) is 28.7 Å². The Bertz CT molecular complexity index is 589. The van der Waals surface area contributed by atoms with Crippen molar-refractivity contribution < 1.29 is 9.52 Å². The molecule has 0 radical (unpaired) electrons. The lowest BCUT2D eigenvalue weighted by Gasteiger charge is -2.34. The molecular weight excluding hydrogens is 260 g/mol. The van der Waals surface area contributed by atoms with Gasteiger partial charge < -0.3 is 9.52 Å². The number of fused-ring (bicyclic) bond motifs is 1. The molecule has 1 N–H and O–H groups in total. The van der Waals surface area contributed by atoms with Gasteiger partial charge in [0.05, 0.1) is 0 Å². The molecule has 1 aromatic heterocycles. The summed E-state index contributed by atoms with van der Waals surface area (Å²) < 4.78 is 5.85. The van der Waals surface area contributed by atoms with Crippen molar-refractivity contribution in [2.45, 2.75) is 44.6 Å². The summed E-state index contributed by atoms with van der Waals surface area (Å²) in [5, 5.41) is 12.6. The molecule has 2 unspecified atom stereocenters. The van der Waals surface area contributed by atoms with E-state index >= 15 is 0 Å². The van der Waals surface area contributed by atoms with Gasteiger partial charge in [0.2, 0.25) is 0 Å². The average molecular weight is 279 g/mol. The van der Waals surface area contributed by atoms with E-state index in [0.29, 0.717) is 16.7 Å². The molecule has 1 aliphatic rings. The molecule has 1 fully saturated rings. The number of hydrogen-bond acceptors (Lipinski definition) is 2. The lowest BCUT2D eigenvalue weighted by atomic mass is 9.76. The van der Waals surface area contributed by atoms with Crippen molar-refractivity contribution in [3.63, 3.8) is 0 Å². The van der Waals surface area contributed by atoms with Crippen LogP contribution < -0.4 is 0 Å². The predicted molar refractivity (Wildman–Crippen MR) is 77.4 cm³/mol. The average Bonchev–Trinajstić information content (AvgIpc) is 2.82. The lowest BCUT2D eigenvalue weighted by molar-refractivity contribution is -0.0379. The van der Waals surface area contributed by atoms with Gasteiger partial charge in [-0.1, -0.05) is 31.4 Å². The minimum absolute atomic E-state index is 0.593. The van der Waals surface area contributed by atoms with E-state index in [2.05, 4.69) is 6.92 Å². The van der Waals surface area contributed by atoms with E-state index in [4.69, 9.17) is 16.0 Å². The van der Waals surface area contributed by atoms with Gasteiger partial charge >= 0.3 is 0 Å². The molecule has 2 aromatic rings. The van der Waals surface area contributed by atoms with E-state index in [1.165, 1.54) is 6.42 Å². The maximum atomic E-state index is 10.9. The Morgan fingerprint density at radius 3 is 3.05 bits per heavy atom. The van der Waals surface area contributed by atoms with Gasteiger partial charge in [-0.15, -0.1) is 0 Å². The molecule has 0 bridgehead atoms. The fourth-order valence-electron chi connectivity index (χ4n) is 3.18. The zero-order chi connectivity index (χ0) is 13.5. The second-order valence-electron chi connectivity index (χ2n) is 5.70. The highest BCUT2D eigenvalue weighted by atomic mass is 35.5. The van der Waals surface area contributed by atoms with Crippen molar-refractivity contribution >= 4 is 22.6 Å². The standard InChI is InChI=1S/C16H19ClO2/c1-2-11-4-3-7-16(18,10-11)15-9-12-8-13(17)5-6-14(12)19-15/h5-6,8-9,11,18H,2-4,7,10H2,1H3. The smallest absolute Gasteiger partial charge is 0.136 e. The fraction of sp³-hybridized carbons (Fsp3) is 0.500. The molecule has 1 aromatic carbocycles. The first-order valence-corrected chi connectivity index (χ1v) is 7.40. The highest BCUT2D eigenvalue weighted by molar-refractivity contribution is 6.31. The molecule has 3 rings (SSSR count). The minimum atomic E-state index is -0.801. The van der Waals surface area contributed by atoms with Gasteiger partial charge in [-0.25, -0.2) is 0 Å². The van der Waals surface area contributed by atoms with Crippen molar-refractivity contribution in [1.29, 1.82) is 0 Å². The largest absolute Gasteiger partial charge is 0.458 e. The zero-order valence-electron chi connectivity index (χ0n) is 11.2. The molecule has 1 saturated carbocycles. The Kier molecular flexibility index (Phi) is 3.32. The van der Waals surface area contributed by atoms with E-state index in [9.17, 15) is 5.11 Å². The topological polar surface area (TPSA) is 33.4 Å². The SMILES string of the molecule is CCC1CCCC(O)(c2cc3cc(Cl)ccc3o2)C1. The molecule has 0 spiro atoms. The summed E-state index contributed by atoms with van der Waals surface area (Å²) in [6.45, 7) is 2.19. The van der Waals surface area contributed by atoms with E-state index in [1.54, 1.807) is 0 Å². The van der Waals surface area contributed by atoms with Crippen LogP contribution in [0.2, 0.25) is 5.02 Å². The summed E-state index contributed by atoms with van der Waals surface area (Å²) in [5.74, 6) is 1.29. The summed E-state index contributed by atoms with van der Waals surface area (Å²) >= 11 is 5.99. The van der Waals surface area contributed by atoms with E-state index < -0.39 is 5.60 Å². The van der Waals surface area contributed by atoms with Gasteiger partial charge in [0.15, 0.2) is 0 Å². The molecule has 0 amide bonds. The van der Waals surface area contributed by atoms with Crippen LogP contribution in [0.25, 0.3) is 11.0 Å². The molecule has 2 nitrogen and oxygen atoms in total. The van der Waals surface area contributed by atoms with Crippen molar-refractivity contribution in [3.8, 4) is 0 Å². The van der Waals surface area contributed by atoms with Gasteiger partial charge in [0, 0.05) is 10.4 Å². The Morgan fingerprint density at radius 2 is 2.26 bits per heavy atom. The van der Waals surface area contributed by atoms with Gasteiger partial charge in [-0.3, -0.25) is 0 Å². The molecule has 3 heteroatoms. The number of halogens is 1. The van der Waals surface area contributed by atoms with Crippen molar-refractivity contribution in [1.82, 2.24) is 0 Å². The van der Waals surface area contributed by atoms with Gasteiger partial charge in [-0.2, -0.15) is 0 Å². The number of benzene rings is 1. The summed E-state index contributed by atoms with van der Waals surface area (Å²) in [6.07, 6.45) is 4.99. The van der Waals surface area contributed by atoms with E-state index in [-0.39, 0.29) is 0 Å². The quantitative estimate of drug-likeness (QED) is 0.850. The monoisotopic (exact) mass is 278 g/mol. The Hall–Kier alpha value is -0.990. The molecule has 0 saturated heterocycles. The summed E-state index contributed by atoms with van der Waals surface area (Å²) in [4.78, 5) is 0. The Morgan fingerprint density at radius 1 is 1.42 bits per heavy atom. The minimum Gasteiger partial charge on any atom is -0.458 e. The van der Waals surface area contributed by atoms with Gasteiger partial charge in [0.1, 0.15) is 16.9 Å². The van der Waals surface area contributed by atoms with Crippen LogP contribution in [0.4, 0.5) is 0 Å². The lowest BCUT2D eigenvalue weighted by Crippen LogP contribution is -2.32. The Labute approximate surface area is 118 Å². The third-order valence-corrected chi connectivity index (χ3v) is 4.58. The molecule has 1 heterocycles. The summed E-state index contributed by atoms with van der Waals surface area (Å²) in [5.41, 5.74) is -0.00353. The first kappa shape index (κ1) is 13.0. The summed E-state index contributed by atoms with van der Waals surface area (Å²) in [7, 11) is 0. The van der Waals surface area contributed by atoms with Crippen molar-refractivity contribution in [2.24, 2.45) is 5.92 Å². The second kappa shape index (κ2) is 4.84. The van der Waals surface area contributed by atoms with Crippen LogP contribution in [0.1, 0.15) is 44.8 Å². The molecule has 1 aliphatic carbocycles. The number of hydrogen-bond donors (Lipinski definition) is 1. The van der Waals surface area contributed by atoms with Crippen LogP contribution >= 0.6 is 11.6 Å². The molecule has 102 valence electrons. The third-order valence-electron chi connectivity index (χ3n) is 4.34. The van der Waals surface area contributed by atoms with E-state index in [1.807, 2.05) is 24.3 Å². The number of furan rings is 1. The maximum absolute atomic E-state index is 10.9. The normalized spacial score (nSPS) is 27.8. The molecule has 19 heavy (non-hydrogen) atoms. The van der Waals surface area contributed by atoms with E-state index in [0.717, 1.165) is 36.7 Å². The first-order chi connectivity index (χ1) is 9.10. The molecule has 0 aliphatic heterocycles. The predicted octanol–water partition coefficient (Wildman–Crippen LogP) is 4.87. The van der Waals surface area contributed by atoms with Crippen LogP contribution in [0.3, 0.4) is 0 Å². The van der Waals surface area contributed by atoms with Crippen LogP contribution in [0.5, 0.6) is 0 Å². The van der Waals surface area contributed by atoms with Crippen LogP contribution in [-0.2, 0) is 5.60 Å². The Balaban J connectivity index is 1.98. The first-order valence-electron chi connectivity index (χ1n) is 7.03. The van der Waals surface area contributed by atoms with Crippen molar-refractivity contribution in [3.05, 3.63) is 35.0 Å². The molecular formula is C16H19ClO2. The molecule has 2 atom stereocenters. The summed E-state index contributed by atoms with van der Waals surface area (Å²) in [6, 6.07) is 7.51. The third kappa shape index (κ3) is 2.39. The highest BCUT2D eigenvalue weighted by Gasteiger charge is 2.38. The van der Waals surface area contributed by atoms with Gasteiger partial charge in [-0.05, 0) is 49.4 Å². The maximum Gasteiger partial charge on any atom is 0.136 e. The highest BCUT2D eigenvalue weighted by Crippen LogP contribution is 2.42. The number of aliphatic hydroxyl groups is 1. The zero-order valence-corrected chi connectivity index (χ0v) is 11.9. The van der Waals surface area contributed by atoms with Crippen LogP contribution in [0, 0.1) is 5.92 Å². The fourth-order valence-corrected chi connectivity index (χ4v) is 3.36.